The van der Waals surface area contributed by atoms with Crippen molar-refractivity contribution in [3.05, 3.63) is 0 Å². The van der Waals surface area contributed by atoms with Crippen molar-refractivity contribution in [2.75, 3.05) is 39.6 Å². The highest BCUT2D eigenvalue weighted by atomic mass is 31.2. The Bertz CT molecular complexity index is 1720. The van der Waals surface area contributed by atoms with E-state index in [1.807, 2.05) is 0 Å². The van der Waals surface area contributed by atoms with E-state index in [1.54, 1.807) is 0 Å². The number of rotatable bonds is 70. The molecular formula is C70H136O17P2. The van der Waals surface area contributed by atoms with Gasteiger partial charge in [0.1, 0.15) is 19.3 Å². The Morgan fingerprint density at radius 2 is 0.517 bits per heavy atom. The van der Waals surface area contributed by atoms with E-state index in [0.29, 0.717) is 25.7 Å². The number of aliphatic hydroxyl groups is 1. The second-order valence-corrected chi connectivity index (χ2v) is 28.7. The van der Waals surface area contributed by atoms with Gasteiger partial charge in [-0.25, -0.2) is 9.13 Å². The van der Waals surface area contributed by atoms with Crippen molar-refractivity contribution in [1.29, 1.82) is 0 Å². The minimum atomic E-state index is -4.95. The average Bonchev–Trinajstić information content (AvgIpc) is 3.64. The van der Waals surface area contributed by atoms with Crippen molar-refractivity contribution >= 4 is 39.5 Å². The van der Waals surface area contributed by atoms with Gasteiger partial charge >= 0.3 is 39.5 Å². The summed E-state index contributed by atoms with van der Waals surface area (Å²) in [4.78, 5) is 72.5. The summed E-state index contributed by atoms with van der Waals surface area (Å²) in [6.45, 7) is 7.23. The second-order valence-electron chi connectivity index (χ2n) is 25.7. The molecule has 19 heteroatoms. The molecule has 89 heavy (non-hydrogen) atoms. The van der Waals surface area contributed by atoms with Crippen molar-refractivity contribution in [2.45, 2.75) is 380 Å². The molecule has 0 aliphatic rings. The first-order valence-corrected chi connectivity index (χ1v) is 39.6. The molecule has 0 aliphatic carbocycles. The first kappa shape index (κ1) is 87.1. The molecule has 0 heterocycles. The Balaban J connectivity index is 5.22. The minimum Gasteiger partial charge on any atom is -0.462 e. The third-order valence-corrected chi connectivity index (χ3v) is 18.2. The molecule has 0 aromatic carbocycles. The van der Waals surface area contributed by atoms with Crippen LogP contribution >= 0.6 is 15.6 Å². The van der Waals surface area contributed by atoms with Crippen LogP contribution < -0.4 is 0 Å². The molecule has 0 aromatic rings. The van der Waals surface area contributed by atoms with Gasteiger partial charge in [-0.2, -0.15) is 0 Å². The largest absolute Gasteiger partial charge is 0.472 e. The summed E-state index contributed by atoms with van der Waals surface area (Å²) in [6, 6.07) is 0. The summed E-state index contributed by atoms with van der Waals surface area (Å²) < 4.78 is 68.2. The molecule has 17 nitrogen and oxygen atoms in total. The number of hydrogen-bond acceptors (Lipinski definition) is 15. The summed E-state index contributed by atoms with van der Waals surface area (Å²) in [6.07, 6.45) is 49.9. The molecule has 0 rings (SSSR count). The fourth-order valence-corrected chi connectivity index (χ4v) is 12.2. The lowest BCUT2D eigenvalue weighted by Gasteiger charge is -2.21. The number of aliphatic hydroxyl groups excluding tert-OH is 1. The second kappa shape index (κ2) is 63.5. The zero-order valence-electron chi connectivity index (χ0n) is 57.6. The van der Waals surface area contributed by atoms with Crippen LogP contribution in [0.4, 0.5) is 0 Å². The van der Waals surface area contributed by atoms with E-state index in [9.17, 15) is 43.2 Å². The van der Waals surface area contributed by atoms with Gasteiger partial charge in [0.15, 0.2) is 12.2 Å². The number of unbranched alkanes of at least 4 members (excludes halogenated alkanes) is 42. The summed E-state index contributed by atoms with van der Waals surface area (Å²) in [5.41, 5.74) is 0. The average molecular weight is 1310 g/mol. The van der Waals surface area contributed by atoms with Gasteiger partial charge < -0.3 is 33.8 Å². The Kier molecular flexibility index (Phi) is 62.1. The number of phosphoric ester groups is 2. The lowest BCUT2D eigenvalue weighted by molar-refractivity contribution is -0.161. The maximum Gasteiger partial charge on any atom is 0.472 e. The number of carbonyl (C=O) groups excluding carboxylic acids is 4. The fraction of sp³-hybridized carbons (Fsp3) is 0.943. The maximum atomic E-state index is 13.0. The predicted molar refractivity (Wildman–Crippen MR) is 358 cm³/mol. The van der Waals surface area contributed by atoms with E-state index in [4.69, 9.17) is 37.0 Å². The molecule has 0 saturated carbocycles. The van der Waals surface area contributed by atoms with Crippen LogP contribution in [0.5, 0.6) is 0 Å². The van der Waals surface area contributed by atoms with Gasteiger partial charge in [0.2, 0.25) is 0 Å². The summed E-state index contributed by atoms with van der Waals surface area (Å²) >= 11 is 0. The topological polar surface area (TPSA) is 237 Å². The Morgan fingerprint density at radius 1 is 0.303 bits per heavy atom. The molecule has 2 unspecified atom stereocenters. The van der Waals surface area contributed by atoms with Gasteiger partial charge in [-0.05, 0) is 31.6 Å². The summed E-state index contributed by atoms with van der Waals surface area (Å²) in [5.74, 6) is -1.35. The minimum absolute atomic E-state index is 0.107. The Labute approximate surface area is 543 Å². The first-order chi connectivity index (χ1) is 43.0. The number of ether oxygens (including phenoxy) is 4. The molecule has 0 bridgehead atoms. The van der Waals surface area contributed by atoms with Crippen LogP contribution in [-0.4, -0.2) is 96.7 Å². The molecule has 3 N–H and O–H groups in total. The van der Waals surface area contributed by atoms with Gasteiger partial charge in [-0.1, -0.05) is 311 Å². The van der Waals surface area contributed by atoms with E-state index in [1.165, 1.54) is 180 Å². The Hall–Kier alpha value is -1.94. The summed E-state index contributed by atoms with van der Waals surface area (Å²) in [7, 11) is -9.89. The molecule has 0 spiro atoms. The standard InChI is InChI=1S/C70H136O17P2/c1-6-9-12-15-18-21-23-24-25-26-31-34-39-44-49-54-68(73)81-60-66(87-70(75)56-51-46-41-36-32-28-27-30-33-37-42-47-52-63(4)5)62-85-89(78,79)83-58-64(71)57-82-88(76,77)84-61-65(59-80-67(72)53-48-43-38-20-17-14-11-8-3)86-69(74)55-50-45-40-35-29-22-19-16-13-10-7-2/h63-66,71H,6-62H2,1-5H3,(H,76,77)(H,78,79)/t64-,65+,66+/m0/s1. The molecule has 0 fully saturated rings. The number of phosphoric acid groups is 2. The van der Waals surface area contributed by atoms with Gasteiger partial charge in [-0.15, -0.1) is 0 Å². The molecule has 0 amide bonds. The third kappa shape index (κ3) is 64.6. The molecule has 0 radical (unpaired) electrons. The predicted octanol–water partition coefficient (Wildman–Crippen LogP) is 20.1. The zero-order chi connectivity index (χ0) is 65.6. The van der Waals surface area contributed by atoms with Crippen LogP contribution in [-0.2, 0) is 65.4 Å². The highest BCUT2D eigenvalue weighted by molar-refractivity contribution is 7.47. The van der Waals surface area contributed by atoms with E-state index >= 15 is 0 Å². The van der Waals surface area contributed by atoms with Gasteiger partial charge in [0, 0.05) is 25.7 Å². The van der Waals surface area contributed by atoms with Gasteiger partial charge in [0.25, 0.3) is 0 Å². The molecule has 5 atom stereocenters. The quantitative estimate of drug-likeness (QED) is 0.0222. The fourth-order valence-electron chi connectivity index (χ4n) is 10.6. The smallest absolute Gasteiger partial charge is 0.462 e. The van der Waals surface area contributed by atoms with Crippen LogP contribution in [0.15, 0.2) is 0 Å². The molecule has 0 saturated heterocycles. The van der Waals surface area contributed by atoms with Crippen molar-refractivity contribution < 1.29 is 80.2 Å². The van der Waals surface area contributed by atoms with Crippen LogP contribution in [0.25, 0.3) is 0 Å². The van der Waals surface area contributed by atoms with E-state index in [0.717, 1.165) is 102 Å². The lowest BCUT2D eigenvalue weighted by atomic mass is 10.0. The van der Waals surface area contributed by atoms with Crippen molar-refractivity contribution in [1.82, 2.24) is 0 Å². The highest BCUT2D eigenvalue weighted by Crippen LogP contribution is 2.45. The van der Waals surface area contributed by atoms with Crippen LogP contribution in [0, 0.1) is 5.92 Å². The van der Waals surface area contributed by atoms with Crippen LogP contribution in [0.3, 0.4) is 0 Å². The maximum absolute atomic E-state index is 13.0. The van der Waals surface area contributed by atoms with E-state index in [2.05, 4.69) is 34.6 Å². The van der Waals surface area contributed by atoms with Crippen molar-refractivity contribution in [2.24, 2.45) is 5.92 Å². The van der Waals surface area contributed by atoms with Crippen LogP contribution in [0.2, 0.25) is 0 Å². The van der Waals surface area contributed by atoms with Gasteiger partial charge in [-0.3, -0.25) is 37.3 Å². The number of hydrogen-bond donors (Lipinski definition) is 3. The summed E-state index contributed by atoms with van der Waals surface area (Å²) in [5, 5.41) is 10.6. The number of esters is 4. The lowest BCUT2D eigenvalue weighted by Crippen LogP contribution is -2.30. The monoisotopic (exact) mass is 1310 g/mol. The van der Waals surface area contributed by atoms with E-state index in [-0.39, 0.29) is 25.7 Å². The number of carbonyl (C=O) groups is 4. The van der Waals surface area contributed by atoms with Crippen molar-refractivity contribution in [3.63, 3.8) is 0 Å². The molecule has 0 aliphatic heterocycles. The SMILES string of the molecule is CCCCCCCCCCCCCCCCCC(=O)OC[C@H](COP(=O)(O)OC[C@@H](O)COP(=O)(O)OC[C@@H](COC(=O)CCCCCCCCCC)OC(=O)CCCCCCCCCCCCC)OC(=O)CCCCCCCCCCCCCCC(C)C. The molecular weight excluding hydrogens is 1170 g/mol. The molecule has 528 valence electrons. The Morgan fingerprint density at radius 3 is 0.764 bits per heavy atom. The normalized spacial score (nSPS) is 14.1. The first-order valence-electron chi connectivity index (χ1n) is 36.6. The van der Waals surface area contributed by atoms with Gasteiger partial charge in [0.05, 0.1) is 26.4 Å². The zero-order valence-corrected chi connectivity index (χ0v) is 59.4. The highest BCUT2D eigenvalue weighted by Gasteiger charge is 2.30. The van der Waals surface area contributed by atoms with Crippen LogP contribution in [0.1, 0.15) is 362 Å². The van der Waals surface area contributed by atoms with Crippen molar-refractivity contribution in [3.8, 4) is 0 Å². The molecule has 0 aromatic heterocycles. The van der Waals surface area contributed by atoms with E-state index < -0.39 is 97.5 Å². The third-order valence-electron chi connectivity index (χ3n) is 16.3.